The molecule has 0 aliphatic carbocycles. The molecule has 3 N–H and O–H groups in total. The topological polar surface area (TPSA) is 134 Å². The van der Waals surface area contributed by atoms with Crippen molar-refractivity contribution >= 4 is 49.3 Å². The minimum Gasteiger partial charge on any atom is -0.462 e. The van der Waals surface area contributed by atoms with Gasteiger partial charge in [-0.25, -0.2) is 4.57 Å². The van der Waals surface area contributed by atoms with Gasteiger partial charge in [0.05, 0.1) is 13.2 Å². The number of rotatable bonds is 39. The number of ether oxygens (including phenoxy) is 2. The third-order valence-corrected chi connectivity index (χ3v) is 9.79. The summed E-state index contributed by atoms with van der Waals surface area (Å²) in [6.45, 7) is 3.71. The number of carbonyl (C=O) groups is 2. The number of phosphoric acid groups is 1. The standard InChI is InChI=1S/C41H78NO8P.Na/c1-3-5-7-9-11-13-15-17-19-21-23-25-27-29-31-33-40(43)47-37-39(38-49-51(45,46)48-36-35-42)50-41(44)34-32-30-28-26-24-22-20-18-16-14-12-10-8-6-4-2;/h17-20,39H,3-16,21-38,42H2,1-2H3,(H,45,46);/b19-17-,20-18-;/t39-;/m1./s1. The predicted octanol–water partition coefficient (Wildman–Crippen LogP) is 11.2. The van der Waals surface area contributed by atoms with E-state index in [0.717, 1.165) is 70.6 Å². The maximum absolute atomic E-state index is 12.5. The van der Waals surface area contributed by atoms with Crippen LogP contribution in [0.1, 0.15) is 194 Å². The summed E-state index contributed by atoms with van der Waals surface area (Å²) in [4.78, 5) is 34.8. The van der Waals surface area contributed by atoms with Crippen LogP contribution in [-0.4, -0.2) is 78.9 Å². The van der Waals surface area contributed by atoms with Crippen LogP contribution in [0.2, 0.25) is 0 Å². The van der Waals surface area contributed by atoms with Crippen molar-refractivity contribution in [2.24, 2.45) is 5.73 Å². The van der Waals surface area contributed by atoms with Gasteiger partial charge in [0.2, 0.25) is 0 Å². The molecule has 0 aromatic rings. The Bertz CT molecular complexity index is 904. The molecule has 1 unspecified atom stereocenters. The third kappa shape index (κ3) is 40.7. The molecule has 0 rings (SSSR count). The molecule has 0 saturated heterocycles. The summed E-state index contributed by atoms with van der Waals surface area (Å²) < 4.78 is 32.7. The molecule has 0 fully saturated rings. The minimum absolute atomic E-state index is 0. The fourth-order valence-electron chi connectivity index (χ4n) is 5.68. The molecule has 0 aromatic carbocycles. The molecule has 11 heteroatoms. The first-order valence-electron chi connectivity index (χ1n) is 20.8. The van der Waals surface area contributed by atoms with Gasteiger partial charge < -0.3 is 20.1 Å². The summed E-state index contributed by atoms with van der Waals surface area (Å²) >= 11 is 0. The van der Waals surface area contributed by atoms with Crippen LogP contribution in [0.15, 0.2) is 24.3 Å². The van der Waals surface area contributed by atoms with E-state index in [4.69, 9.17) is 24.3 Å². The summed E-state index contributed by atoms with van der Waals surface area (Å²) in [6.07, 6.45) is 39.2. The van der Waals surface area contributed by atoms with E-state index >= 15 is 0 Å². The second-order valence-electron chi connectivity index (χ2n) is 13.8. The molecule has 1 radical (unpaired) electrons. The predicted molar refractivity (Wildman–Crippen MR) is 216 cm³/mol. The first-order valence-corrected chi connectivity index (χ1v) is 22.3. The summed E-state index contributed by atoms with van der Waals surface area (Å²) in [5.74, 6) is -0.845. The molecule has 0 amide bonds. The Balaban J connectivity index is 0. The molecule has 0 aromatic heterocycles. The summed E-state index contributed by atoms with van der Waals surface area (Å²) in [5, 5.41) is 0. The van der Waals surface area contributed by atoms with Crippen molar-refractivity contribution in [2.45, 2.75) is 200 Å². The molecule has 0 heterocycles. The van der Waals surface area contributed by atoms with E-state index in [0.29, 0.717) is 6.42 Å². The van der Waals surface area contributed by atoms with Crippen molar-refractivity contribution in [1.82, 2.24) is 0 Å². The molecule has 0 saturated carbocycles. The molecule has 301 valence electrons. The number of unbranched alkanes of at least 4 members (excludes halogenated alkanes) is 22. The molecule has 0 aliphatic rings. The van der Waals surface area contributed by atoms with Gasteiger partial charge in [0, 0.05) is 48.9 Å². The van der Waals surface area contributed by atoms with E-state index in [1.165, 1.54) is 89.9 Å². The van der Waals surface area contributed by atoms with Gasteiger partial charge in [-0.05, 0) is 64.2 Å². The Morgan fingerprint density at radius 1 is 0.577 bits per heavy atom. The zero-order valence-electron chi connectivity index (χ0n) is 33.8. The van der Waals surface area contributed by atoms with Crippen molar-refractivity contribution in [3.8, 4) is 0 Å². The quantitative estimate of drug-likeness (QED) is 0.0206. The van der Waals surface area contributed by atoms with E-state index in [1.807, 2.05) is 0 Å². The summed E-state index contributed by atoms with van der Waals surface area (Å²) in [6, 6.07) is 0. The van der Waals surface area contributed by atoms with Gasteiger partial charge in [0.1, 0.15) is 6.61 Å². The number of allylic oxidation sites excluding steroid dienone is 4. The van der Waals surface area contributed by atoms with E-state index in [9.17, 15) is 19.0 Å². The van der Waals surface area contributed by atoms with Gasteiger partial charge in [-0.2, -0.15) is 0 Å². The van der Waals surface area contributed by atoms with Crippen LogP contribution in [0, 0.1) is 0 Å². The van der Waals surface area contributed by atoms with Crippen LogP contribution in [-0.2, 0) is 32.7 Å². The van der Waals surface area contributed by atoms with Crippen molar-refractivity contribution in [3.63, 3.8) is 0 Å². The van der Waals surface area contributed by atoms with Crippen molar-refractivity contribution in [1.29, 1.82) is 0 Å². The largest absolute Gasteiger partial charge is 0.472 e. The van der Waals surface area contributed by atoms with Gasteiger partial charge >= 0.3 is 19.8 Å². The first kappa shape index (κ1) is 53.6. The zero-order chi connectivity index (χ0) is 37.5. The van der Waals surface area contributed by atoms with Crippen molar-refractivity contribution in [3.05, 3.63) is 24.3 Å². The molecule has 0 spiro atoms. The van der Waals surface area contributed by atoms with Crippen molar-refractivity contribution in [2.75, 3.05) is 26.4 Å². The number of nitrogens with two attached hydrogens (primary N) is 1. The fourth-order valence-corrected chi connectivity index (χ4v) is 6.45. The molecule has 2 atom stereocenters. The number of carbonyl (C=O) groups excluding carboxylic acids is 2. The normalized spacial score (nSPS) is 13.3. The van der Waals surface area contributed by atoms with Crippen LogP contribution in [0.5, 0.6) is 0 Å². The zero-order valence-corrected chi connectivity index (χ0v) is 36.7. The SMILES string of the molecule is CCCCCCCC/C=C\CCCCCCCC(=O)OC[C@H](COP(=O)(O)OCCN)OC(=O)CCCCCCC/C=C\CCCCCCCC.[Na]. The van der Waals surface area contributed by atoms with Gasteiger partial charge in [0.15, 0.2) is 6.10 Å². The van der Waals surface area contributed by atoms with Gasteiger partial charge in [-0.3, -0.25) is 18.6 Å². The molecular formula is C41H78NNaO8P. The second kappa shape index (κ2) is 41.6. The number of hydrogen-bond acceptors (Lipinski definition) is 8. The molecule has 0 aliphatic heterocycles. The Hall–Kier alpha value is -0.510. The maximum atomic E-state index is 12.5. The van der Waals surface area contributed by atoms with E-state index < -0.39 is 32.5 Å². The molecule has 52 heavy (non-hydrogen) atoms. The van der Waals surface area contributed by atoms with Crippen LogP contribution >= 0.6 is 7.82 Å². The second-order valence-corrected chi connectivity index (χ2v) is 15.3. The maximum Gasteiger partial charge on any atom is 0.472 e. The number of esters is 2. The van der Waals surface area contributed by atoms with E-state index in [-0.39, 0.29) is 62.2 Å². The van der Waals surface area contributed by atoms with Gasteiger partial charge in [0.25, 0.3) is 0 Å². The van der Waals surface area contributed by atoms with Crippen molar-refractivity contribution < 1.29 is 37.6 Å². The van der Waals surface area contributed by atoms with Crippen LogP contribution in [0.25, 0.3) is 0 Å². The van der Waals surface area contributed by atoms with Gasteiger partial charge in [-0.1, -0.05) is 141 Å². The van der Waals surface area contributed by atoms with E-state index in [1.54, 1.807) is 0 Å². The fraction of sp³-hybridized carbons (Fsp3) is 0.854. The Kier molecular flexibility index (Phi) is 42.9. The first-order chi connectivity index (χ1) is 24.8. The average molecular weight is 767 g/mol. The smallest absolute Gasteiger partial charge is 0.462 e. The minimum atomic E-state index is -4.37. The monoisotopic (exact) mass is 767 g/mol. The Morgan fingerprint density at radius 3 is 1.38 bits per heavy atom. The molecule has 0 bridgehead atoms. The summed E-state index contributed by atoms with van der Waals surface area (Å²) in [7, 11) is -4.37. The molecular weight excluding hydrogens is 688 g/mol. The van der Waals surface area contributed by atoms with E-state index in [2.05, 4.69) is 38.2 Å². The van der Waals surface area contributed by atoms with Crippen LogP contribution in [0.4, 0.5) is 0 Å². The summed E-state index contributed by atoms with van der Waals surface area (Å²) in [5.41, 5.74) is 5.34. The van der Waals surface area contributed by atoms with Crippen LogP contribution < -0.4 is 5.73 Å². The van der Waals surface area contributed by atoms with Gasteiger partial charge in [-0.15, -0.1) is 0 Å². The molecule has 9 nitrogen and oxygen atoms in total. The number of hydrogen-bond donors (Lipinski definition) is 2. The number of phosphoric ester groups is 1. The van der Waals surface area contributed by atoms with Crippen LogP contribution in [0.3, 0.4) is 0 Å². The Morgan fingerprint density at radius 2 is 0.962 bits per heavy atom. The average Bonchev–Trinajstić information content (AvgIpc) is 3.11. The third-order valence-electron chi connectivity index (χ3n) is 8.81. The Labute approximate surface area is 341 Å².